The molecule has 2 heterocycles. The average Bonchev–Trinajstić information content (AvgIpc) is 3.04. The van der Waals surface area contributed by atoms with Crippen molar-refractivity contribution in [2.24, 2.45) is 0 Å². The zero-order chi connectivity index (χ0) is 16.2. The lowest BCUT2D eigenvalue weighted by molar-refractivity contribution is 0.207. The molecule has 0 saturated carbocycles. The molecule has 1 aromatic carbocycles. The van der Waals surface area contributed by atoms with Crippen molar-refractivity contribution in [2.75, 3.05) is 29.9 Å². The van der Waals surface area contributed by atoms with Crippen molar-refractivity contribution in [3.63, 3.8) is 0 Å². The summed E-state index contributed by atoms with van der Waals surface area (Å²) in [6, 6.07) is 5.62. The Morgan fingerprint density at radius 2 is 1.91 bits per heavy atom. The van der Waals surface area contributed by atoms with Crippen LogP contribution in [0.4, 0.5) is 20.7 Å². The Balaban J connectivity index is 1.70. The van der Waals surface area contributed by atoms with E-state index in [4.69, 9.17) is 4.74 Å². The minimum atomic E-state index is -0.581. The van der Waals surface area contributed by atoms with E-state index in [0.717, 1.165) is 37.7 Å². The number of carbonyl (C=O) groups excluding carboxylic acids is 1. The Kier molecular flexibility index (Phi) is 4.71. The molecule has 1 saturated heterocycles. The van der Waals surface area contributed by atoms with Crippen LogP contribution in [0.1, 0.15) is 19.3 Å². The van der Waals surface area contributed by atoms with E-state index in [-0.39, 0.29) is 11.7 Å². The van der Waals surface area contributed by atoms with Crippen LogP contribution in [0.5, 0.6) is 5.88 Å². The largest absolute Gasteiger partial charge is 0.420 e. The molecule has 1 amide bonds. The van der Waals surface area contributed by atoms with Crippen molar-refractivity contribution in [2.45, 2.75) is 19.3 Å². The predicted molar refractivity (Wildman–Crippen MR) is 86.8 cm³/mol. The number of ether oxygens (including phenoxy) is 1. The Labute approximate surface area is 137 Å². The fraction of sp³-hybridized carbons (Fsp3) is 0.400. The van der Waals surface area contributed by atoms with Gasteiger partial charge in [-0.25, -0.2) is 9.18 Å². The van der Waals surface area contributed by atoms with Gasteiger partial charge in [0.2, 0.25) is 5.82 Å². The molecule has 2 aromatic rings. The molecular weight excluding hydrogens is 319 g/mol. The number of nitrogens with zero attached hydrogens (tertiary/aromatic N) is 4. The van der Waals surface area contributed by atoms with Crippen LogP contribution >= 0.6 is 11.7 Å². The summed E-state index contributed by atoms with van der Waals surface area (Å²) in [4.78, 5) is 15.7. The van der Waals surface area contributed by atoms with Crippen LogP contribution in [0.15, 0.2) is 24.3 Å². The number of anilines is 2. The minimum Gasteiger partial charge on any atom is -0.386 e. The van der Waals surface area contributed by atoms with Gasteiger partial charge in [-0.2, -0.15) is 4.37 Å². The lowest BCUT2D eigenvalue weighted by atomic mass is 10.1. The van der Waals surface area contributed by atoms with Crippen molar-refractivity contribution < 1.29 is 13.9 Å². The SMILES string of the molecule is CN(C(=O)Oc1nsnc1N1CCCCC1)c1ccc(F)cc1. The Morgan fingerprint density at radius 1 is 1.22 bits per heavy atom. The van der Waals surface area contributed by atoms with Gasteiger partial charge in [-0.15, -0.1) is 4.37 Å². The third-order valence-corrected chi connectivity index (χ3v) is 4.27. The van der Waals surface area contributed by atoms with Crippen molar-refractivity contribution >= 4 is 29.3 Å². The monoisotopic (exact) mass is 336 g/mol. The normalized spacial score (nSPS) is 14.6. The summed E-state index contributed by atoms with van der Waals surface area (Å²) in [5.74, 6) is 0.498. The number of halogens is 1. The van der Waals surface area contributed by atoms with Gasteiger partial charge in [0.15, 0.2) is 0 Å². The second-order valence-corrected chi connectivity index (χ2v) is 5.87. The topological polar surface area (TPSA) is 58.6 Å². The van der Waals surface area contributed by atoms with Gasteiger partial charge >= 0.3 is 6.09 Å². The van der Waals surface area contributed by atoms with Gasteiger partial charge in [0, 0.05) is 25.8 Å². The van der Waals surface area contributed by atoms with E-state index in [2.05, 4.69) is 13.6 Å². The molecule has 1 aliphatic rings. The summed E-state index contributed by atoms with van der Waals surface area (Å²) < 4.78 is 26.7. The molecule has 1 aliphatic heterocycles. The predicted octanol–water partition coefficient (Wildman–Crippen LogP) is 3.30. The number of aromatic nitrogens is 2. The zero-order valence-electron chi connectivity index (χ0n) is 12.7. The molecule has 8 heteroatoms. The third-order valence-electron chi connectivity index (χ3n) is 3.77. The third kappa shape index (κ3) is 3.58. The summed E-state index contributed by atoms with van der Waals surface area (Å²) in [7, 11) is 1.57. The molecule has 1 aromatic heterocycles. The fourth-order valence-corrected chi connectivity index (χ4v) is 2.97. The number of hydrogen-bond acceptors (Lipinski definition) is 6. The molecule has 23 heavy (non-hydrogen) atoms. The molecule has 0 bridgehead atoms. The van der Waals surface area contributed by atoms with Crippen LogP contribution in [0.25, 0.3) is 0 Å². The molecule has 6 nitrogen and oxygen atoms in total. The van der Waals surface area contributed by atoms with Crippen LogP contribution in [-0.2, 0) is 0 Å². The number of rotatable bonds is 3. The Bertz CT molecular complexity index is 670. The molecule has 1 fully saturated rings. The van der Waals surface area contributed by atoms with Crippen molar-refractivity contribution in [3.05, 3.63) is 30.1 Å². The fourth-order valence-electron chi connectivity index (χ4n) is 2.46. The first-order valence-corrected chi connectivity index (χ1v) is 8.17. The lowest BCUT2D eigenvalue weighted by Gasteiger charge is -2.26. The summed E-state index contributed by atoms with van der Waals surface area (Å²) in [6.45, 7) is 1.79. The van der Waals surface area contributed by atoms with E-state index in [9.17, 15) is 9.18 Å². The molecule has 0 N–H and O–H groups in total. The maximum absolute atomic E-state index is 13.0. The summed E-state index contributed by atoms with van der Waals surface area (Å²) in [6.07, 6.45) is 2.82. The Morgan fingerprint density at radius 3 is 2.61 bits per heavy atom. The summed E-state index contributed by atoms with van der Waals surface area (Å²) in [5.41, 5.74) is 0.541. The van der Waals surface area contributed by atoms with E-state index in [1.54, 1.807) is 7.05 Å². The van der Waals surface area contributed by atoms with Crippen molar-refractivity contribution in [1.82, 2.24) is 8.75 Å². The first kappa shape index (κ1) is 15.7. The quantitative estimate of drug-likeness (QED) is 0.861. The van der Waals surface area contributed by atoms with Crippen LogP contribution in [-0.4, -0.2) is 35.0 Å². The number of benzene rings is 1. The van der Waals surface area contributed by atoms with Crippen LogP contribution in [0, 0.1) is 5.82 Å². The molecule has 122 valence electrons. The average molecular weight is 336 g/mol. The maximum atomic E-state index is 13.0. The van der Waals surface area contributed by atoms with E-state index in [1.165, 1.54) is 35.6 Å². The van der Waals surface area contributed by atoms with Gasteiger partial charge in [0.05, 0.1) is 11.7 Å². The van der Waals surface area contributed by atoms with Gasteiger partial charge in [-0.3, -0.25) is 4.90 Å². The molecule has 0 spiro atoms. The van der Waals surface area contributed by atoms with Crippen molar-refractivity contribution in [3.8, 4) is 5.88 Å². The molecule has 0 atom stereocenters. The van der Waals surface area contributed by atoms with Gasteiger partial charge in [0.25, 0.3) is 5.88 Å². The maximum Gasteiger partial charge on any atom is 0.420 e. The number of piperidine rings is 1. The highest BCUT2D eigenvalue weighted by atomic mass is 32.1. The second kappa shape index (κ2) is 6.91. The Hall–Kier alpha value is -2.22. The van der Waals surface area contributed by atoms with Gasteiger partial charge in [0.1, 0.15) is 5.82 Å². The summed E-state index contributed by atoms with van der Waals surface area (Å²) in [5, 5.41) is 0. The van der Waals surface area contributed by atoms with Gasteiger partial charge < -0.3 is 9.64 Å². The van der Waals surface area contributed by atoms with Gasteiger partial charge in [-0.05, 0) is 43.5 Å². The number of amides is 1. The smallest absolute Gasteiger partial charge is 0.386 e. The first-order valence-electron chi connectivity index (χ1n) is 7.44. The van der Waals surface area contributed by atoms with Crippen LogP contribution in [0.3, 0.4) is 0 Å². The molecule has 0 unspecified atom stereocenters. The highest BCUT2D eigenvalue weighted by molar-refractivity contribution is 6.99. The number of hydrogen-bond donors (Lipinski definition) is 0. The lowest BCUT2D eigenvalue weighted by Crippen LogP contribution is -2.32. The van der Waals surface area contributed by atoms with Crippen molar-refractivity contribution in [1.29, 1.82) is 0 Å². The highest BCUT2D eigenvalue weighted by Gasteiger charge is 2.23. The molecule has 0 aliphatic carbocycles. The van der Waals surface area contributed by atoms with E-state index in [0.29, 0.717) is 11.5 Å². The van der Waals surface area contributed by atoms with E-state index in [1.807, 2.05) is 0 Å². The summed E-state index contributed by atoms with van der Waals surface area (Å²) >= 11 is 1.02. The van der Waals surface area contributed by atoms with Gasteiger partial charge in [-0.1, -0.05) is 0 Å². The number of carbonyl (C=O) groups is 1. The van der Waals surface area contributed by atoms with E-state index >= 15 is 0 Å². The molecular formula is C15H17FN4O2S. The second-order valence-electron chi connectivity index (χ2n) is 5.34. The van der Waals surface area contributed by atoms with Crippen LogP contribution in [0.2, 0.25) is 0 Å². The van der Waals surface area contributed by atoms with Crippen LogP contribution < -0.4 is 14.5 Å². The first-order chi connectivity index (χ1) is 11.1. The highest BCUT2D eigenvalue weighted by Crippen LogP contribution is 2.29. The molecule has 0 radical (unpaired) electrons. The zero-order valence-corrected chi connectivity index (χ0v) is 13.6. The molecule has 3 rings (SSSR count). The van der Waals surface area contributed by atoms with E-state index < -0.39 is 6.09 Å². The minimum absolute atomic E-state index is 0.232. The standard InChI is InChI=1S/C15H17FN4O2S/c1-19(12-7-5-11(16)6-8-12)15(21)22-14-13(17-23-18-14)20-9-3-2-4-10-20/h5-8H,2-4,9-10H2,1H3.